The second-order valence-electron chi connectivity index (χ2n) is 3.95. The van der Waals surface area contributed by atoms with E-state index in [0.717, 1.165) is 10.9 Å². The zero-order valence-corrected chi connectivity index (χ0v) is 11.3. The molecule has 0 aliphatic rings. The first-order chi connectivity index (χ1) is 8.74. The molecule has 2 aromatic rings. The van der Waals surface area contributed by atoms with Crippen molar-refractivity contribution in [2.45, 2.75) is 0 Å². The molecule has 1 unspecified atom stereocenters. The molecule has 1 atom stereocenters. The molecule has 0 spiro atoms. The van der Waals surface area contributed by atoms with Gasteiger partial charge in [0.25, 0.3) is 0 Å². The van der Waals surface area contributed by atoms with Crippen LogP contribution in [0.25, 0.3) is 6.08 Å². The van der Waals surface area contributed by atoms with Gasteiger partial charge in [-0.1, -0.05) is 48.5 Å². The maximum atomic E-state index is 6.37. The molecule has 0 saturated carbocycles. The summed E-state index contributed by atoms with van der Waals surface area (Å²) in [4.78, 5) is 0. The maximum Gasteiger partial charge on any atom is 0.414 e. The standard InChI is InChI=1S/C15H15BOP/c1-17-18(16,15-10-6-3-7-11-15)13-12-14-8-4-2-5-9-14/h2-13H,1H3/q+1/b13-12+. The highest BCUT2D eigenvalue weighted by atomic mass is 31.2. The summed E-state index contributed by atoms with van der Waals surface area (Å²) >= 11 is 0. The number of hydrogen-bond donors (Lipinski definition) is 0. The van der Waals surface area contributed by atoms with E-state index >= 15 is 0 Å². The van der Waals surface area contributed by atoms with E-state index in [2.05, 4.69) is 0 Å². The average molecular weight is 253 g/mol. The SMILES string of the molecule is [B][P+](/C=C/c1ccccc1)(OC)c1ccccc1. The fourth-order valence-electron chi connectivity index (χ4n) is 1.67. The Kier molecular flexibility index (Phi) is 4.35. The molecule has 0 fully saturated rings. The summed E-state index contributed by atoms with van der Waals surface area (Å²) in [6.45, 7) is 0. The molecule has 1 nitrogen and oxygen atoms in total. The van der Waals surface area contributed by atoms with Crippen LogP contribution in [0.15, 0.2) is 66.5 Å². The van der Waals surface area contributed by atoms with Gasteiger partial charge in [0.15, 0.2) is 0 Å². The lowest BCUT2D eigenvalue weighted by Gasteiger charge is -2.15. The lowest BCUT2D eigenvalue weighted by atomic mass is 10.2. The van der Waals surface area contributed by atoms with Gasteiger partial charge in [0.2, 0.25) is 0 Å². The molecule has 0 N–H and O–H groups in total. The van der Waals surface area contributed by atoms with Gasteiger partial charge in [0, 0.05) is 0 Å². The highest BCUT2D eigenvalue weighted by molar-refractivity contribution is 8.01. The monoisotopic (exact) mass is 253 g/mol. The molecular formula is C15H15BOP+. The van der Waals surface area contributed by atoms with E-state index in [4.69, 9.17) is 12.1 Å². The predicted octanol–water partition coefficient (Wildman–Crippen LogP) is 3.65. The smallest absolute Gasteiger partial charge is 0.250 e. The van der Waals surface area contributed by atoms with Crippen molar-refractivity contribution in [3.05, 3.63) is 72.0 Å². The first kappa shape index (κ1) is 13.1. The summed E-state index contributed by atoms with van der Waals surface area (Å²) in [5.74, 6) is 1.98. The highest BCUT2D eigenvalue weighted by Gasteiger charge is 2.32. The van der Waals surface area contributed by atoms with Gasteiger partial charge in [-0.2, -0.15) is 0 Å². The van der Waals surface area contributed by atoms with Crippen LogP contribution in [-0.4, -0.2) is 14.7 Å². The second kappa shape index (κ2) is 5.99. The van der Waals surface area contributed by atoms with Crippen LogP contribution in [0, 0.1) is 0 Å². The Labute approximate surface area is 110 Å². The van der Waals surface area contributed by atoms with Crippen LogP contribution in [-0.2, 0) is 4.52 Å². The van der Waals surface area contributed by atoms with Crippen LogP contribution in [0.2, 0.25) is 0 Å². The van der Waals surface area contributed by atoms with Gasteiger partial charge in [-0.15, -0.1) is 0 Å². The van der Waals surface area contributed by atoms with Crippen LogP contribution >= 0.6 is 7.37 Å². The minimum Gasteiger partial charge on any atom is -0.250 e. The third-order valence-corrected chi connectivity index (χ3v) is 5.05. The molecule has 2 rings (SSSR count). The third-order valence-electron chi connectivity index (χ3n) is 2.75. The molecule has 0 aromatic heterocycles. The van der Waals surface area contributed by atoms with Crippen LogP contribution in [0.5, 0.6) is 0 Å². The minimum atomic E-state index is -2.15. The Morgan fingerprint density at radius 1 is 0.944 bits per heavy atom. The summed E-state index contributed by atoms with van der Waals surface area (Å²) in [5.41, 5.74) is 1.13. The van der Waals surface area contributed by atoms with Gasteiger partial charge in [-0.25, -0.2) is 0 Å². The van der Waals surface area contributed by atoms with E-state index in [1.165, 1.54) is 0 Å². The molecule has 0 bridgehead atoms. The molecule has 88 valence electrons. The molecule has 0 aliphatic carbocycles. The normalized spacial score (nSPS) is 14.5. The van der Waals surface area contributed by atoms with Crippen molar-refractivity contribution in [3.63, 3.8) is 0 Å². The zero-order chi connectivity index (χ0) is 12.8. The lowest BCUT2D eigenvalue weighted by Crippen LogP contribution is -2.10. The van der Waals surface area contributed by atoms with Crippen LogP contribution in [0.4, 0.5) is 0 Å². The fourth-order valence-corrected chi connectivity index (χ4v) is 3.21. The van der Waals surface area contributed by atoms with E-state index in [1.807, 2.05) is 72.6 Å². The van der Waals surface area contributed by atoms with Crippen molar-refractivity contribution in [2.24, 2.45) is 0 Å². The fraction of sp³-hybridized carbons (Fsp3) is 0.0667. The maximum absolute atomic E-state index is 6.37. The van der Waals surface area contributed by atoms with Crippen LogP contribution < -0.4 is 5.30 Å². The topological polar surface area (TPSA) is 9.23 Å². The van der Waals surface area contributed by atoms with Crippen molar-refractivity contribution >= 4 is 26.3 Å². The minimum absolute atomic E-state index is 1.04. The Morgan fingerprint density at radius 2 is 1.50 bits per heavy atom. The van der Waals surface area contributed by atoms with Crippen molar-refractivity contribution in [1.82, 2.24) is 0 Å². The molecule has 18 heavy (non-hydrogen) atoms. The molecule has 2 aromatic carbocycles. The number of benzene rings is 2. The first-order valence-electron chi connectivity index (χ1n) is 5.77. The quantitative estimate of drug-likeness (QED) is 0.597. The largest absolute Gasteiger partial charge is 0.414 e. The summed E-state index contributed by atoms with van der Waals surface area (Å²) in [7, 11) is 5.88. The van der Waals surface area contributed by atoms with Crippen molar-refractivity contribution < 1.29 is 4.52 Å². The van der Waals surface area contributed by atoms with E-state index in [0.29, 0.717) is 0 Å². The summed E-state index contributed by atoms with van der Waals surface area (Å²) in [5, 5.41) is 1.04. The summed E-state index contributed by atoms with van der Waals surface area (Å²) in [6.07, 6.45) is 2.02. The summed E-state index contributed by atoms with van der Waals surface area (Å²) < 4.78 is 5.55. The molecule has 2 radical (unpaired) electrons. The Hall–Kier alpha value is -1.37. The third kappa shape index (κ3) is 3.10. The molecule has 0 heterocycles. The van der Waals surface area contributed by atoms with E-state index in [1.54, 1.807) is 7.11 Å². The van der Waals surface area contributed by atoms with E-state index < -0.39 is 7.37 Å². The van der Waals surface area contributed by atoms with Gasteiger partial charge >= 0.3 is 7.57 Å². The molecule has 0 saturated heterocycles. The predicted molar refractivity (Wildman–Crippen MR) is 81.2 cm³/mol. The molecule has 0 amide bonds. The van der Waals surface area contributed by atoms with Gasteiger partial charge < -0.3 is 0 Å². The van der Waals surface area contributed by atoms with Crippen LogP contribution in [0.1, 0.15) is 5.56 Å². The van der Waals surface area contributed by atoms with Crippen molar-refractivity contribution in [2.75, 3.05) is 7.11 Å². The van der Waals surface area contributed by atoms with Crippen LogP contribution in [0.3, 0.4) is 0 Å². The first-order valence-corrected chi connectivity index (χ1v) is 7.62. The Balaban J connectivity index is 2.27. The lowest BCUT2D eigenvalue weighted by molar-refractivity contribution is 0.469. The highest BCUT2D eigenvalue weighted by Crippen LogP contribution is 2.54. The van der Waals surface area contributed by atoms with Gasteiger partial charge in [-0.3, -0.25) is 4.52 Å². The zero-order valence-electron chi connectivity index (χ0n) is 10.4. The van der Waals surface area contributed by atoms with Crippen molar-refractivity contribution in [3.8, 4) is 0 Å². The average Bonchev–Trinajstić information content (AvgIpc) is 2.47. The molecule has 3 heteroatoms. The summed E-state index contributed by atoms with van der Waals surface area (Å²) in [6, 6.07) is 20.0. The van der Waals surface area contributed by atoms with E-state index in [-0.39, 0.29) is 0 Å². The number of rotatable bonds is 4. The second-order valence-corrected chi connectivity index (χ2v) is 6.55. The Bertz CT molecular complexity index is 513. The van der Waals surface area contributed by atoms with Crippen molar-refractivity contribution in [1.29, 1.82) is 0 Å². The van der Waals surface area contributed by atoms with Gasteiger partial charge in [0.05, 0.1) is 12.9 Å². The number of hydrogen-bond acceptors (Lipinski definition) is 1. The molecular weight excluding hydrogens is 238 g/mol. The molecule has 0 aliphatic heterocycles. The van der Waals surface area contributed by atoms with Gasteiger partial charge in [0.1, 0.15) is 12.7 Å². The van der Waals surface area contributed by atoms with E-state index in [9.17, 15) is 0 Å². The Morgan fingerprint density at radius 3 is 2.06 bits per heavy atom. The van der Waals surface area contributed by atoms with Gasteiger partial charge in [-0.05, 0) is 23.8 Å².